The number of nitriles is 1. The highest BCUT2D eigenvalue weighted by Crippen LogP contribution is 2.35. The molecule has 2 amide bonds. The highest BCUT2D eigenvalue weighted by molar-refractivity contribution is 5.93. The Hall–Kier alpha value is -4.53. The van der Waals surface area contributed by atoms with E-state index in [1.54, 1.807) is 12.1 Å². The third-order valence-corrected chi connectivity index (χ3v) is 5.34. The summed E-state index contributed by atoms with van der Waals surface area (Å²) in [5, 5.41) is 28.1. The van der Waals surface area contributed by atoms with Crippen LogP contribution in [0.3, 0.4) is 0 Å². The molecule has 1 heterocycles. The van der Waals surface area contributed by atoms with E-state index >= 15 is 0 Å². The van der Waals surface area contributed by atoms with Crippen molar-refractivity contribution >= 4 is 40.8 Å². The summed E-state index contributed by atoms with van der Waals surface area (Å²) in [4.78, 5) is 38.1. The molecule has 0 saturated carbocycles. The van der Waals surface area contributed by atoms with E-state index in [2.05, 4.69) is 43.5 Å². The minimum absolute atomic E-state index is 0.00108. The number of nitrogens with zero attached hydrogens (tertiary/aromatic N) is 6. The minimum atomic E-state index is -0.681. The van der Waals surface area contributed by atoms with E-state index in [4.69, 9.17) is 4.74 Å². The second-order valence-electron chi connectivity index (χ2n) is 9.18. The SMILES string of the molecule is C=CC(=O)OCCNC(=O)n1nc(C(C)(C)C)c(C#N)c1N=Nc1ccc(N(CC)CC)cc1NC(C)=O. The number of hydrogen-bond donors (Lipinski definition) is 2. The number of anilines is 2. The Balaban J connectivity index is 2.52. The van der Waals surface area contributed by atoms with E-state index < -0.39 is 17.4 Å². The molecule has 38 heavy (non-hydrogen) atoms. The number of aromatic nitrogens is 2. The van der Waals surface area contributed by atoms with Gasteiger partial charge in [-0.05, 0) is 32.0 Å². The largest absolute Gasteiger partial charge is 0.461 e. The molecule has 0 saturated heterocycles. The van der Waals surface area contributed by atoms with Gasteiger partial charge < -0.3 is 20.3 Å². The highest BCUT2D eigenvalue weighted by atomic mass is 16.5. The summed E-state index contributed by atoms with van der Waals surface area (Å²) in [7, 11) is 0. The van der Waals surface area contributed by atoms with Crippen molar-refractivity contribution in [1.29, 1.82) is 5.26 Å². The van der Waals surface area contributed by atoms with Crippen molar-refractivity contribution in [3.05, 3.63) is 42.1 Å². The van der Waals surface area contributed by atoms with Gasteiger partial charge in [0.25, 0.3) is 0 Å². The van der Waals surface area contributed by atoms with Crippen molar-refractivity contribution < 1.29 is 19.1 Å². The first-order chi connectivity index (χ1) is 18.0. The van der Waals surface area contributed by atoms with Gasteiger partial charge in [-0.3, -0.25) is 4.79 Å². The average Bonchev–Trinajstić information content (AvgIpc) is 3.25. The molecule has 0 atom stereocenters. The first kappa shape index (κ1) is 29.7. The topological polar surface area (TPSA) is 154 Å². The monoisotopic (exact) mass is 522 g/mol. The lowest BCUT2D eigenvalue weighted by molar-refractivity contribution is -0.137. The fraction of sp³-hybridized carbons (Fsp3) is 0.423. The van der Waals surface area contributed by atoms with E-state index in [9.17, 15) is 19.6 Å². The summed E-state index contributed by atoms with van der Waals surface area (Å²) in [6, 6.07) is 6.75. The number of carbonyl (C=O) groups is 3. The van der Waals surface area contributed by atoms with Gasteiger partial charge in [0, 0.05) is 37.2 Å². The number of azo groups is 1. The average molecular weight is 523 g/mol. The molecule has 0 aliphatic rings. The maximum Gasteiger partial charge on any atom is 0.344 e. The number of esters is 1. The van der Waals surface area contributed by atoms with Gasteiger partial charge in [-0.1, -0.05) is 27.4 Å². The van der Waals surface area contributed by atoms with Crippen molar-refractivity contribution in [2.45, 2.75) is 47.0 Å². The highest BCUT2D eigenvalue weighted by Gasteiger charge is 2.29. The Morgan fingerprint density at radius 3 is 2.47 bits per heavy atom. The first-order valence-corrected chi connectivity index (χ1v) is 12.2. The molecule has 0 aliphatic carbocycles. The molecular weight excluding hydrogens is 488 g/mol. The summed E-state index contributed by atoms with van der Waals surface area (Å²) in [5.41, 5.74) is 1.54. The molecule has 0 bridgehead atoms. The normalized spacial score (nSPS) is 11.1. The molecule has 12 heteroatoms. The molecule has 0 fully saturated rings. The van der Waals surface area contributed by atoms with Crippen LogP contribution in [-0.4, -0.2) is 53.9 Å². The minimum Gasteiger partial charge on any atom is -0.461 e. The summed E-state index contributed by atoms with van der Waals surface area (Å²) in [6.07, 6.45) is 1.02. The zero-order chi connectivity index (χ0) is 28.5. The lowest BCUT2D eigenvalue weighted by Crippen LogP contribution is -2.32. The second-order valence-corrected chi connectivity index (χ2v) is 9.18. The molecule has 1 aromatic carbocycles. The quantitative estimate of drug-likeness (QED) is 0.201. The standard InChI is InChI=1S/C26H34N8O4/c1-8-22(36)38-14-13-28-25(37)34-24(19(16-27)23(32-34)26(5,6)7)31-30-20-12-11-18(33(9-2)10-3)15-21(20)29-17(4)35/h8,11-12,15H,1,9-10,13-14H2,2-7H3,(H,28,37)(H,29,35). The molecule has 1 aromatic heterocycles. The smallest absolute Gasteiger partial charge is 0.344 e. The van der Waals surface area contributed by atoms with Crippen LogP contribution in [0.4, 0.5) is 27.7 Å². The van der Waals surface area contributed by atoms with Gasteiger partial charge in [0.15, 0.2) is 0 Å². The van der Waals surface area contributed by atoms with Crippen molar-refractivity contribution in [1.82, 2.24) is 15.1 Å². The number of carbonyl (C=O) groups excluding carboxylic acids is 3. The molecule has 0 aliphatic heterocycles. The van der Waals surface area contributed by atoms with Gasteiger partial charge in [0.1, 0.15) is 23.9 Å². The van der Waals surface area contributed by atoms with E-state index in [0.29, 0.717) is 17.1 Å². The summed E-state index contributed by atoms with van der Waals surface area (Å²) >= 11 is 0. The maximum atomic E-state index is 13.0. The third kappa shape index (κ3) is 7.49. The van der Waals surface area contributed by atoms with Crippen LogP contribution >= 0.6 is 0 Å². The number of rotatable bonds is 10. The Labute approximate surface area is 222 Å². The molecule has 202 valence electrons. The van der Waals surface area contributed by atoms with Crippen LogP contribution in [0.5, 0.6) is 0 Å². The molecule has 2 aromatic rings. The molecule has 0 radical (unpaired) electrons. The number of hydrogen-bond acceptors (Lipinski definition) is 9. The van der Waals surface area contributed by atoms with Crippen molar-refractivity contribution in [2.75, 3.05) is 36.5 Å². The van der Waals surface area contributed by atoms with Crippen LogP contribution in [0.1, 0.15) is 52.8 Å². The van der Waals surface area contributed by atoms with Gasteiger partial charge >= 0.3 is 12.0 Å². The van der Waals surface area contributed by atoms with Gasteiger partial charge in [-0.2, -0.15) is 15.0 Å². The molecule has 0 spiro atoms. The van der Waals surface area contributed by atoms with Crippen LogP contribution in [0.25, 0.3) is 0 Å². The third-order valence-electron chi connectivity index (χ3n) is 5.34. The van der Waals surface area contributed by atoms with Gasteiger partial charge in [0.2, 0.25) is 11.7 Å². The van der Waals surface area contributed by atoms with Crippen LogP contribution in [0.2, 0.25) is 0 Å². The van der Waals surface area contributed by atoms with Crippen LogP contribution in [0.15, 0.2) is 41.1 Å². The van der Waals surface area contributed by atoms with E-state index in [0.717, 1.165) is 29.5 Å². The second kappa shape index (κ2) is 13.1. The van der Waals surface area contributed by atoms with E-state index in [1.165, 1.54) is 6.92 Å². The summed E-state index contributed by atoms with van der Waals surface area (Å²) in [6.45, 7) is 15.8. The zero-order valence-corrected chi connectivity index (χ0v) is 22.7. The van der Waals surface area contributed by atoms with E-state index in [1.807, 2.05) is 40.7 Å². The fourth-order valence-corrected chi connectivity index (χ4v) is 3.50. The molecule has 2 N–H and O–H groups in total. The number of nitrogens with one attached hydrogen (secondary N) is 2. The number of benzene rings is 1. The predicted octanol–water partition coefficient (Wildman–Crippen LogP) is 4.56. The number of amides is 2. The van der Waals surface area contributed by atoms with Crippen molar-refractivity contribution in [3.63, 3.8) is 0 Å². The number of ether oxygens (including phenoxy) is 1. The maximum absolute atomic E-state index is 13.0. The fourth-order valence-electron chi connectivity index (χ4n) is 3.50. The van der Waals surface area contributed by atoms with Gasteiger partial charge in [-0.15, -0.1) is 10.2 Å². The first-order valence-electron chi connectivity index (χ1n) is 12.2. The van der Waals surface area contributed by atoms with Gasteiger partial charge in [0.05, 0.1) is 17.9 Å². The zero-order valence-electron chi connectivity index (χ0n) is 22.7. The van der Waals surface area contributed by atoms with Crippen molar-refractivity contribution in [3.8, 4) is 6.07 Å². The Morgan fingerprint density at radius 1 is 1.24 bits per heavy atom. The predicted molar refractivity (Wildman–Crippen MR) is 144 cm³/mol. The van der Waals surface area contributed by atoms with Crippen LogP contribution in [0, 0.1) is 11.3 Å². The van der Waals surface area contributed by atoms with E-state index in [-0.39, 0.29) is 30.4 Å². The van der Waals surface area contributed by atoms with Crippen LogP contribution in [-0.2, 0) is 19.7 Å². The molecule has 12 nitrogen and oxygen atoms in total. The summed E-state index contributed by atoms with van der Waals surface area (Å²) in [5.74, 6) is -0.969. The van der Waals surface area contributed by atoms with Crippen LogP contribution < -0.4 is 15.5 Å². The Kier molecular flexibility index (Phi) is 10.3. The lowest BCUT2D eigenvalue weighted by atomic mass is 9.90. The van der Waals surface area contributed by atoms with Crippen molar-refractivity contribution in [2.24, 2.45) is 10.2 Å². The molecular formula is C26H34N8O4. The summed E-state index contributed by atoms with van der Waals surface area (Å²) < 4.78 is 5.83. The Bertz CT molecular complexity index is 1260. The molecule has 0 unspecified atom stereocenters. The lowest BCUT2D eigenvalue weighted by Gasteiger charge is -2.22. The Morgan fingerprint density at radius 2 is 1.92 bits per heavy atom. The van der Waals surface area contributed by atoms with Gasteiger partial charge in [-0.25, -0.2) is 9.59 Å². The molecule has 2 rings (SSSR count).